The molecule has 0 atom stereocenters. The lowest BCUT2D eigenvalue weighted by Crippen LogP contribution is -2.21. The number of amides is 1. The number of methoxy groups -OCH3 is 1. The topological polar surface area (TPSA) is 128 Å². The van der Waals surface area contributed by atoms with E-state index in [1.807, 2.05) is 6.07 Å². The van der Waals surface area contributed by atoms with Gasteiger partial charge >= 0.3 is 10.1 Å². The van der Waals surface area contributed by atoms with Gasteiger partial charge in [-0.15, -0.1) is 0 Å². The number of nitro groups is 1. The minimum Gasteiger partial charge on any atom is -0.493 e. The van der Waals surface area contributed by atoms with Gasteiger partial charge < -0.3 is 8.92 Å². The van der Waals surface area contributed by atoms with Crippen molar-refractivity contribution in [3.05, 3.63) is 94.0 Å². The second-order valence-corrected chi connectivity index (χ2v) is 8.88. The van der Waals surface area contributed by atoms with Crippen LogP contribution in [0.2, 0.25) is 0 Å². The molecule has 35 heavy (non-hydrogen) atoms. The molecule has 4 rings (SSSR count). The number of nitrogens with zero attached hydrogens (tertiary/aromatic N) is 3. The van der Waals surface area contributed by atoms with Crippen molar-refractivity contribution < 1.29 is 27.1 Å². The monoisotopic (exact) mass is 493 g/mol. The Morgan fingerprint density at radius 2 is 1.69 bits per heavy atom. The maximum atomic E-state index is 12.9. The maximum Gasteiger partial charge on any atom is 0.346 e. The van der Waals surface area contributed by atoms with Crippen LogP contribution >= 0.6 is 0 Å². The zero-order valence-corrected chi connectivity index (χ0v) is 19.4. The number of hydrogen-bond acceptors (Lipinski definition) is 8. The minimum absolute atomic E-state index is 0.0569. The molecule has 0 aromatic heterocycles. The molecule has 0 saturated carbocycles. The summed E-state index contributed by atoms with van der Waals surface area (Å²) in [5.41, 5.74) is 1.42. The van der Waals surface area contributed by atoms with Crippen molar-refractivity contribution in [1.82, 2.24) is 0 Å². The first-order valence-electron chi connectivity index (χ1n) is 10.2. The van der Waals surface area contributed by atoms with Crippen molar-refractivity contribution in [2.24, 2.45) is 5.10 Å². The standard InChI is InChI=1S/C24H19N3O7S/c1-16-19(24(28)26(25-16)18-8-4-3-5-9-18)14-17-12-13-21(22(15-17)33-2)34-35(31,32)23-11-7-6-10-20(23)27(29)30/h3-15H,1-2H3/b19-14+. The lowest BCUT2D eigenvalue weighted by atomic mass is 10.1. The Morgan fingerprint density at radius 3 is 2.37 bits per heavy atom. The third kappa shape index (κ3) is 4.75. The Kier molecular flexibility index (Phi) is 6.34. The van der Waals surface area contributed by atoms with Crippen LogP contribution in [-0.4, -0.2) is 32.1 Å². The quantitative estimate of drug-likeness (QED) is 0.209. The number of anilines is 1. The van der Waals surface area contributed by atoms with Crippen LogP contribution in [0.15, 0.2) is 88.4 Å². The van der Waals surface area contributed by atoms with E-state index in [1.54, 1.807) is 37.3 Å². The van der Waals surface area contributed by atoms with Crippen LogP contribution in [0.5, 0.6) is 11.5 Å². The predicted molar refractivity (Wildman–Crippen MR) is 129 cm³/mol. The molecule has 0 aliphatic carbocycles. The summed E-state index contributed by atoms with van der Waals surface area (Å²) in [7, 11) is -3.21. The molecular formula is C24H19N3O7S. The number of hydrogen-bond donors (Lipinski definition) is 0. The van der Waals surface area contributed by atoms with E-state index in [9.17, 15) is 23.3 Å². The number of hydrazone groups is 1. The van der Waals surface area contributed by atoms with Crippen LogP contribution < -0.4 is 13.9 Å². The summed E-state index contributed by atoms with van der Waals surface area (Å²) < 4.78 is 36.0. The summed E-state index contributed by atoms with van der Waals surface area (Å²) in [4.78, 5) is 22.8. The lowest BCUT2D eigenvalue weighted by molar-refractivity contribution is -0.387. The SMILES string of the molecule is COc1cc(/C=C2/C(=O)N(c3ccccc3)N=C2C)ccc1OS(=O)(=O)c1ccccc1[N+](=O)[O-]. The zero-order chi connectivity index (χ0) is 25.2. The number of benzene rings is 3. The van der Waals surface area contributed by atoms with Crippen LogP contribution in [0, 0.1) is 10.1 Å². The highest BCUT2D eigenvalue weighted by Gasteiger charge is 2.30. The Hall–Kier alpha value is -4.51. The second kappa shape index (κ2) is 9.39. The van der Waals surface area contributed by atoms with E-state index in [0.717, 1.165) is 12.1 Å². The average molecular weight is 493 g/mol. The fourth-order valence-corrected chi connectivity index (χ4v) is 4.53. The first kappa shape index (κ1) is 23.6. The number of carbonyl (C=O) groups excluding carboxylic acids is 1. The third-order valence-corrected chi connectivity index (χ3v) is 6.38. The molecule has 0 fully saturated rings. The van der Waals surface area contributed by atoms with Crippen LogP contribution in [0.4, 0.5) is 11.4 Å². The molecule has 1 heterocycles. The normalized spacial score (nSPS) is 14.7. The summed E-state index contributed by atoms with van der Waals surface area (Å²) in [6.45, 7) is 1.71. The van der Waals surface area contributed by atoms with E-state index in [2.05, 4.69) is 5.10 Å². The van der Waals surface area contributed by atoms with Crippen molar-refractivity contribution in [2.45, 2.75) is 11.8 Å². The van der Waals surface area contributed by atoms with E-state index in [-0.39, 0.29) is 17.4 Å². The Bertz CT molecular complexity index is 1480. The van der Waals surface area contributed by atoms with Crippen LogP contribution in [0.25, 0.3) is 6.08 Å². The zero-order valence-electron chi connectivity index (χ0n) is 18.6. The molecule has 0 bridgehead atoms. The highest BCUT2D eigenvalue weighted by molar-refractivity contribution is 7.87. The molecular weight excluding hydrogens is 474 g/mol. The fourth-order valence-electron chi connectivity index (χ4n) is 3.42. The lowest BCUT2D eigenvalue weighted by Gasteiger charge is -2.12. The van der Waals surface area contributed by atoms with Crippen molar-refractivity contribution in [2.75, 3.05) is 12.1 Å². The van der Waals surface area contributed by atoms with E-state index in [4.69, 9.17) is 8.92 Å². The number of ether oxygens (including phenoxy) is 1. The van der Waals surface area contributed by atoms with Gasteiger partial charge in [0.2, 0.25) is 0 Å². The van der Waals surface area contributed by atoms with Crippen molar-refractivity contribution in [3.8, 4) is 11.5 Å². The van der Waals surface area contributed by atoms with Gasteiger partial charge in [0.25, 0.3) is 11.6 Å². The van der Waals surface area contributed by atoms with Gasteiger partial charge in [-0.25, -0.2) is 0 Å². The molecule has 1 aliphatic heterocycles. The largest absolute Gasteiger partial charge is 0.493 e. The van der Waals surface area contributed by atoms with Gasteiger partial charge in [-0.05, 0) is 48.9 Å². The number of para-hydroxylation sites is 2. The molecule has 178 valence electrons. The van der Waals surface area contributed by atoms with Gasteiger partial charge in [0.15, 0.2) is 16.4 Å². The molecule has 11 heteroatoms. The second-order valence-electron chi connectivity index (χ2n) is 7.37. The highest BCUT2D eigenvalue weighted by Crippen LogP contribution is 2.34. The van der Waals surface area contributed by atoms with Gasteiger partial charge in [0.05, 0.1) is 29.0 Å². The number of nitro benzene ring substituents is 1. The minimum atomic E-state index is -4.53. The Balaban J connectivity index is 1.64. The Morgan fingerprint density at radius 1 is 1.00 bits per heavy atom. The van der Waals surface area contributed by atoms with Crippen LogP contribution in [0.3, 0.4) is 0 Å². The summed E-state index contributed by atoms with van der Waals surface area (Å²) in [6, 6.07) is 18.2. The maximum absolute atomic E-state index is 12.9. The van der Waals surface area contributed by atoms with Gasteiger partial charge in [-0.1, -0.05) is 36.4 Å². The molecule has 1 aliphatic rings. The summed E-state index contributed by atoms with van der Waals surface area (Å²) in [5.74, 6) is -0.421. The van der Waals surface area contributed by atoms with Gasteiger partial charge in [-0.3, -0.25) is 14.9 Å². The highest BCUT2D eigenvalue weighted by atomic mass is 32.2. The third-order valence-electron chi connectivity index (χ3n) is 5.09. The first-order valence-corrected chi connectivity index (χ1v) is 11.6. The predicted octanol–water partition coefficient (Wildman–Crippen LogP) is 4.18. The molecule has 3 aromatic carbocycles. The Labute approximate surface area is 201 Å². The van der Waals surface area contributed by atoms with E-state index < -0.39 is 25.6 Å². The van der Waals surface area contributed by atoms with Crippen LogP contribution in [-0.2, 0) is 14.9 Å². The average Bonchev–Trinajstić information content (AvgIpc) is 3.13. The van der Waals surface area contributed by atoms with Gasteiger partial charge in [-0.2, -0.15) is 18.5 Å². The molecule has 0 unspecified atom stereocenters. The molecule has 10 nitrogen and oxygen atoms in total. The molecule has 0 spiro atoms. The molecule has 3 aromatic rings. The fraction of sp³-hybridized carbons (Fsp3) is 0.0833. The van der Waals surface area contributed by atoms with Crippen LogP contribution in [0.1, 0.15) is 12.5 Å². The van der Waals surface area contributed by atoms with E-state index in [1.165, 1.54) is 42.5 Å². The summed E-state index contributed by atoms with van der Waals surface area (Å²) in [6.07, 6.45) is 1.60. The summed E-state index contributed by atoms with van der Waals surface area (Å²) >= 11 is 0. The summed E-state index contributed by atoms with van der Waals surface area (Å²) in [5, 5.41) is 16.9. The van der Waals surface area contributed by atoms with Gasteiger partial charge in [0.1, 0.15) is 0 Å². The van der Waals surface area contributed by atoms with Crippen molar-refractivity contribution in [1.29, 1.82) is 0 Å². The molecule has 0 N–H and O–H groups in total. The molecule has 1 amide bonds. The number of rotatable bonds is 7. The van der Waals surface area contributed by atoms with E-state index >= 15 is 0 Å². The number of carbonyl (C=O) groups is 1. The van der Waals surface area contributed by atoms with E-state index in [0.29, 0.717) is 22.5 Å². The smallest absolute Gasteiger partial charge is 0.346 e. The van der Waals surface area contributed by atoms with Crippen molar-refractivity contribution in [3.63, 3.8) is 0 Å². The van der Waals surface area contributed by atoms with Crippen molar-refractivity contribution >= 4 is 39.2 Å². The van der Waals surface area contributed by atoms with Gasteiger partial charge in [0, 0.05) is 6.07 Å². The molecule has 0 radical (unpaired) electrons. The molecule has 0 saturated heterocycles. The first-order chi connectivity index (χ1) is 16.7.